The molecule has 2 aromatic rings. The quantitative estimate of drug-likeness (QED) is 0.810. The van der Waals surface area contributed by atoms with Crippen LogP contribution in [0.1, 0.15) is 39.3 Å². The van der Waals surface area contributed by atoms with Crippen LogP contribution in [0.3, 0.4) is 0 Å². The molecule has 0 spiro atoms. The second-order valence-electron chi connectivity index (χ2n) is 5.80. The number of thiazole rings is 1. The van der Waals surface area contributed by atoms with Crippen LogP contribution in [0.4, 0.5) is 5.13 Å². The molecule has 0 fully saturated rings. The van der Waals surface area contributed by atoms with Crippen molar-refractivity contribution in [2.45, 2.75) is 32.1 Å². The van der Waals surface area contributed by atoms with Gasteiger partial charge in [0.2, 0.25) is 0 Å². The average molecular weight is 298 g/mol. The molecule has 0 amide bonds. The van der Waals surface area contributed by atoms with Crippen LogP contribution in [-0.2, 0) is 19.3 Å². The molecule has 21 heavy (non-hydrogen) atoms. The van der Waals surface area contributed by atoms with Crippen LogP contribution in [0, 0.1) is 0 Å². The predicted octanol–water partition coefficient (Wildman–Crippen LogP) is 3.27. The van der Waals surface area contributed by atoms with E-state index in [0.29, 0.717) is 6.42 Å². The monoisotopic (exact) mass is 298 g/mol. The Labute approximate surface area is 128 Å². The molecule has 0 unspecified atom stereocenters. The largest absolute Gasteiger partial charge is 0.347 e. The van der Waals surface area contributed by atoms with E-state index in [1.807, 2.05) is 0 Å². The Morgan fingerprint density at radius 3 is 2.38 bits per heavy atom. The number of ketones is 1. The number of hydrogen-bond donors (Lipinski definition) is 0. The molecule has 3 nitrogen and oxygen atoms in total. The number of anilines is 1. The van der Waals surface area contributed by atoms with Crippen molar-refractivity contribution in [3.8, 4) is 0 Å². The lowest BCUT2D eigenvalue weighted by Crippen LogP contribution is -2.25. The van der Waals surface area contributed by atoms with Crippen LogP contribution in [0.2, 0.25) is 0 Å². The number of benzene rings is 1. The van der Waals surface area contributed by atoms with Crippen LogP contribution in [0.5, 0.6) is 0 Å². The van der Waals surface area contributed by atoms with Gasteiger partial charge in [-0.3, -0.25) is 4.79 Å². The number of fused-ring (bicyclic) bond motifs is 2. The zero-order chi connectivity index (χ0) is 14.2. The van der Waals surface area contributed by atoms with E-state index in [0.717, 1.165) is 54.5 Å². The van der Waals surface area contributed by atoms with Gasteiger partial charge in [0.25, 0.3) is 0 Å². The van der Waals surface area contributed by atoms with Crippen molar-refractivity contribution in [2.24, 2.45) is 0 Å². The fourth-order valence-corrected chi connectivity index (χ4v) is 4.38. The molecule has 0 saturated carbocycles. The Hall–Kier alpha value is -1.68. The van der Waals surface area contributed by atoms with Crippen LogP contribution in [0.15, 0.2) is 24.3 Å². The summed E-state index contributed by atoms with van der Waals surface area (Å²) in [5.74, 6) is 0.290. The van der Waals surface area contributed by atoms with Crippen molar-refractivity contribution in [3.63, 3.8) is 0 Å². The molecule has 0 saturated heterocycles. The first-order chi connectivity index (χ1) is 10.3. The first-order valence-electron chi connectivity index (χ1n) is 7.66. The zero-order valence-corrected chi connectivity index (χ0v) is 12.8. The van der Waals surface area contributed by atoms with E-state index in [1.54, 1.807) is 11.3 Å². The first-order valence-corrected chi connectivity index (χ1v) is 8.47. The summed E-state index contributed by atoms with van der Waals surface area (Å²) in [7, 11) is 0. The molecule has 0 radical (unpaired) electrons. The van der Waals surface area contributed by atoms with Crippen molar-refractivity contribution in [1.82, 2.24) is 4.98 Å². The lowest BCUT2D eigenvalue weighted by molar-refractivity contribution is 0.0976. The molecule has 0 N–H and O–H groups in total. The number of aromatic nitrogens is 1. The van der Waals surface area contributed by atoms with E-state index < -0.39 is 0 Å². The van der Waals surface area contributed by atoms with Gasteiger partial charge < -0.3 is 4.90 Å². The normalized spacial score (nSPS) is 18.1. The highest BCUT2D eigenvalue weighted by Crippen LogP contribution is 2.32. The standard InChI is InChI=1S/C17H18N2OS/c20-15-7-3-6-14-16(15)21-17(18-14)19-10-8-12-4-1-2-5-13(12)9-11-19/h1-2,4-5H,3,6-11H2. The molecule has 1 aromatic heterocycles. The van der Waals surface area contributed by atoms with Gasteiger partial charge in [0.05, 0.1) is 10.6 Å². The summed E-state index contributed by atoms with van der Waals surface area (Å²) in [6, 6.07) is 8.70. The van der Waals surface area contributed by atoms with Gasteiger partial charge in [-0.2, -0.15) is 0 Å². The minimum atomic E-state index is 0.290. The SMILES string of the molecule is O=C1CCCc2nc(N3CCc4ccccc4CC3)sc21. The molecule has 108 valence electrons. The summed E-state index contributed by atoms with van der Waals surface area (Å²) >= 11 is 1.60. The minimum absolute atomic E-state index is 0.290. The zero-order valence-electron chi connectivity index (χ0n) is 12.0. The predicted molar refractivity (Wildman–Crippen MR) is 85.4 cm³/mol. The summed E-state index contributed by atoms with van der Waals surface area (Å²) in [5.41, 5.74) is 3.95. The third-order valence-corrected chi connectivity index (χ3v) is 5.65. The minimum Gasteiger partial charge on any atom is -0.347 e. The van der Waals surface area contributed by atoms with E-state index >= 15 is 0 Å². The summed E-state index contributed by atoms with van der Waals surface area (Å²) in [5, 5.41) is 1.04. The average Bonchev–Trinajstić information content (AvgIpc) is 2.82. The van der Waals surface area contributed by atoms with Crippen molar-refractivity contribution >= 4 is 22.3 Å². The van der Waals surface area contributed by atoms with Crippen LogP contribution in [-0.4, -0.2) is 23.9 Å². The number of Topliss-reactive ketones (excluding diaryl/α,β-unsaturated/α-hetero) is 1. The van der Waals surface area contributed by atoms with E-state index in [-0.39, 0.29) is 5.78 Å². The number of hydrogen-bond acceptors (Lipinski definition) is 4. The van der Waals surface area contributed by atoms with Crippen molar-refractivity contribution in [1.29, 1.82) is 0 Å². The van der Waals surface area contributed by atoms with Gasteiger partial charge in [-0.15, -0.1) is 0 Å². The lowest BCUT2D eigenvalue weighted by Gasteiger charge is -2.18. The number of carbonyl (C=O) groups excluding carboxylic acids is 1. The third-order valence-electron chi connectivity index (χ3n) is 4.45. The highest BCUT2D eigenvalue weighted by molar-refractivity contribution is 7.17. The van der Waals surface area contributed by atoms with Gasteiger partial charge in [-0.1, -0.05) is 35.6 Å². The van der Waals surface area contributed by atoms with Crippen LogP contribution < -0.4 is 4.90 Å². The molecular weight excluding hydrogens is 280 g/mol. The van der Waals surface area contributed by atoms with Gasteiger partial charge in [0, 0.05) is 19.5 Å². The van der Waals surface area contributed by atoms with Crippen molar-refractivity contribution in [3.05, 3.63) is 46.0 Å². The fraction of sp³-hybridized carbons (Fsp3) is 0.412. The summed E-state index contributed by atoms with van der Waals surface area (Å²) in [4.78, 5) is 20.0. The van der Waals surface area contributed by atoms with E-state index in [9.17, 15) is 4.79 Å². The van der Waals surface area contributed by atoms with E-state index in [4.69, 9.17) is 4.98 Å². The molecule has 2 heterocycles. The highest BCUT2D eigenvalue weighted by atomic mass is 32.1. The van der Waals surface area contributed by atoms with Crippen LogP contribution >= 0.6 is 11.3 Å². The molecule has 2 aliphatic rings. The topological polar surface area (TPSA) is 33.2 Å². The molecule has 0 bridgehead atoms. The molecule has 1 aliphatic carbocycles. The number of nitrogens with zero attached hydrogens (tertiary/aromatic N) is 2. The van der Waals surface area contributed by atoms with Gasteiger partial charge in [-0.05, 0) is 36.8 Å². The van der Waals surface area contributed by atoms with Crippen LogP contribution in [0.25, 0.3) is 0 Å². The Morgan fingerprint density at radius 2 is 1.71 bits per heavy atom. The van der Waals surface area contributed by atoms with E-state index in [1.165, 1.54) is 11.1 Å². The van der Waals surface area contributed by atoms with Gasteiger partial charge in [0.1, 0.15) is 0 Å². The first kappa shape index (κ1) is 13.0. The van der Waals surface area contributed by atoms with Crippen molar-refractivity contribution < 1.29 is 4.79 Å². The highest BCUT2D eigenvalue weighted by Gasteiger charge is 2.25. The molecule has 4 rings (SSSR count). The maximum Gasteiger partial charge on any atom is 0.186 e. The smallest absolute Gasteiger partial charge is 0.186 e. The summed E-state index contributed by atoms with van der Waals surface area (Å²) < 4.78 is 0. The lowest BCUT2D eigenvalue weighted by atomic mass is 10.0. The molecule has 0 atom stereocenters. The number of carbonyl (C=O) groups is 1. The van der Waals surface area contributed by atoms with E-state index in [2.05, 4.69) is 29.2 Å². The Balaban J connectivity index is 1.60. The Kier molecular flexibility index (Phi) is 3.26. The fourth-order valence-electron chi connectivity index (χ4n) is 3.25. The third kappa shape index (κ3) is 2.38. The maximum absolute atomic E-state index is 12.0. The second kappa shape index (κ2) is 5.26. The van der Waals surface area contributed by atoms with Gasteiger partial charge >= 0.3 is 0 Å². The Morgan fingerprint density at radius 1 is 1.00 bits per heavy atom. The maximum atomic E-state index is 12.0. The van der Waals surface area contributed by atoms with Gasteiger partial charge in [-0.25, -0.2) is 4.98 Å². The summed E-state index contributed by atoms with van der Waals surface area (Å²) in [6.07, 6.45) is 4.74. The summed E-state index contributed by atoms with van der Waals surface area (Å²) in [6.45, 7) is 2.00. The Bertz CT molecular complexity index is 665. The van der Waals surface area contributed by atoms with Gasteiger partial charge in [0.15, 0.2) is 10.9 Å². The molecule has 4 heteroatoms. The molecule has 1 aliphatic heterocycles. The number of rotatable bonds is 1. The number of aryl methyl sites for hydroxylation is 1. The molecular formula is C17H18N2OS. The second-order valence-corrected chi connectivity index (χ2v) is 6.78. The molecule has 1 aromatic carbocycles. The van der Waals surface area contributed by atoms with Crippen molar-refractivity contribution in [2.75, 3.05) is 18.0 Å².